The standard InChI is InChI=1S/C20H23ClN2O2/c1-24-20-13-16(14-22-23-11-5-2-6-12-23)9-10-19(20)25-15-17-7-3-4-8-18(17)21/h3-4,7-10,13-14H,2,5-6,11-12,15H2,1H3/b22-14+. The van der Waals surface area contributed by atoms with Crippen molar-refractivity contribution < 1.29 is 9.47 Å². The molecule has 0 aliphatic carbocycles. The molecule has 132 valence electrons. The van der Waals surface area contributed by atoms with Crippen LogP contribution in [0.5, 0.6) is 11.5 Å². The maximum absolute atomic E-state index is 6.17. The van der Waals surface area contributed by atoms with Crippen molar-refractivity contribution in [1.29, 1.82) is 0 Å². The number of hydrogen-bond donors (Lipinski definition) is 0. The summed E-state index contributed by atoms with van der Waals surface area (Å²) >= 11 is 6.17. The lowest BCUT2D eigenvalue weighted by atomic mass is 10.2. The molecule has 0 spiro atoms. The zero-order valence-electron chi connectivity index (χ0n) is 14.5. The fourth-order valence-corrected chi connectivity index (χ4v) is 2.99. The normalized spacial score (nSPS) is 14.7. The van der Waals surface area contributed by atoms with Crippen LogP contribution in [0.3, 0.4) is 0 Å². The number of halogens is 1. The van der Waals surface area contributed by atoms with Gasteiger partial charge in [-0.3, -0.25) is 5.01 Å². The highest BCUT2D eigenvalue weighted by atomic mass is 35.5. The molecule has 0 N–H and O–H groups in total. The molecule has 4 nitrogen and oxygen atoms in total. The Hall–Kier alpha value is -2.20. The van der Waals surface area contributed by atoms with Gasteiger partial charge >= 0.3 is 0 Å². The molecular weight excluding hydrogens is 336 g/mol. The zero-order valence-corrected chi connectivity index (χ0v) is 15.2. The van der Waals surface area contributed by atoms with Gasteiger partial charge in [-0.1, -0.05) is 29.8 Å². The van der Waals surface area contributed by atoms with Crippen LogP contribution in [0, 0.1) is 0 Å². The van der Waals surface area contributed by atoms with E-state index in [0.29, 0.717) is 23.1 Å². The largest absolute Gasteiger partial charge is 0.493 e. The molecule has 1 saturated heterocycles. The SMILES string of the molecule is COc1cc(/C=N/N2CCCCC2)ccc1OCc1ccccc1Cl. The van der Waals surface area contributed by atoms with Gasteiger partial charge in [0.2, 0.25) is 0 Å². The van der Waals surface area contributed by atoms with Crippen LogP contribution >= 0.6 is 11.6 Å². The third-order valence-corrected chi connectivity index (χ3v) is 4.60. The number of piperidine rings is 1. The van der Waals surface area contributed by atoms with Gasteiger partial charge in [-0.05, 0) is 49.1 Å². The fraction of sp³-hybridized carbons (Fsp3) is 0.350. The van der Waals surface area contributed by atoms with Gasteiger partial charge in [0, 0.05) is 23.7 Å². The average Bonchev–Trinajstić information content (AvgIpc) is 2.67. The van der Waals surface area contributed by atoms with Gasteiger partial charge in [-0.2, -0.15) is 5.10 Å². The summed E-state index contributed by atoms with van der Waals surface area (Å²) in [5.74, 6) is 1.38. The number of benzene rings is 2. The smallest absolute Gasteiger partial charge is 0.161 e. The van der Waals surface area contributed by atoms with E-state index in [0.717, 1.165) is 24.2 Å². The van der Waals surface area contributed by atoms with Crippen molar-refractivity contribution in [1.82, 2.24) is 5.01 Å². The molecule has 0 amide bonds. The molecule has 2 aromatic rings. The lowest BCUT2D eigenvalue weighted by Crippen LogP contribution is -2.24. The van der Waals surface area contributed by atoms with E-state index in [1.807, 2.05) is 48.7 Å². The number of rotatable bonds is 6. The van der Waals surface area contributed by atoms with E-state index >= 15 is 0 Å². The lowest BCUT2D eigenvalue weighted by molar-refractivity contribution is 0.240. The molecule has 1 heterocycles. The van der Waals surface area contributed by atoms with E-state index in [1.54, 1.807) is 7.11 Å². The van der Waals surface area contributed by atoms with Gasteiger partial charge in [-0.15, -0.1) is 0 Å². The van der Waals surface area contributed by atoms with Crippen molar-refractivity contribution in [3.63, 3.8) is 0 Å². The minimum atomic E-state index is 0.400. The number of hydrazone groups is 1. The summed E-state index contributed by atoms with van der Waals surface area (Å²) in [5.41, 5.74) is 1.94. The van der Waals surface area contributed by atoms with Gasteiger partial charge < -0.3 is 9.47 Å². The van der Waals surface area contributed by atoms with Gasteiger partial charge in [0.05, 0.1) is 13.3 Å². The summed E-state index contributed by atoms with van der Waals surface area (Å²) in [7, 11) is 1.64. The van der Waals surface area contributed by atoms with Crippen molar-refractivity contribution in [3.8, 4) is 11.5 Å². The highest BCUT2D eigenvalue weighted by Gasteiger charge is 2.09. The summed E-state index contributed by atoms with van der Waals surface area (Å²) in [6.07, 6.45) is 5.62. The average molecular weight is 359 g/mol. The van der Waals surface area contributed by atoms with E-state index in [2.05, 4.69) is 10.1 Å². The number of hydrogen-bond acceptors (Lipinski definition) is 4. The van der Waals surface area contributed by atoms with Crippen molar-refractivity contribution in [3.05, 3.63) is 58.6 Å². The predicted molar refractivity (Wildman–Crippen MR) is 102 cm³/mol. The van der Waals surface area contributed by atoms with E-state index in [1.165, 1.54) is 19.3 Å². The van der Waals surface area contributed by atoms with Gasteiger partial charge in [-0.25, -0.2) is 0 Å². The Kier molecular flexibility index (Phi) is 6.18. The van der Waals surface area contributed by atoms with E-state index < -0.39 is 0 Å². The molecule has 0 aromatic heterocycles. The summed E-state index contributed by atoms with van der Waals surface area (Å²) in [6, 6.07) is 13.5. The molecule has 1 fully saturated rings. The van der Waals surface area contributed by atoms with E-state index in [-0.39, 0.29) is 0 Å². The second-order valence-electron chi connectivity index (χ2n) is 6.05. The molecule has 5 heteroatoms. The van der Waals surface area contributed by atoms with Crippen molar-refractivity contribution in [2.24, 2.45) is 5.10 Å². The lowest BCUT2D eigenvalue weighted by Gasteiger charge is -2.23. The summed E-state index contributed by atoms with van der Waals surface area (Å²) in [5, 5.41) is 7.38. The van der Waals surface area contributed by atoms with Crippen LogP contribution in [0.4, 0.5) is 0 Å². The van der Waals surface area contributed by atoms with Crippen LogP contribution in [0.25, 0.3) is 0 Å². The van der Waals surface area contributed by atoms with Crippen molar-refractivity contribution in [2.75, 3.05) is 20.2 Å². The molecule has 25 heavy (non-hydrogen) atoms. The van der Waals surface area contributed by atoms with Gasteiger partial charge in [0.1, 0.15) is 6.61 Å². The van der Waals surface area contributed by atoms with Crippen LogP contribution in [0.1, 0.15) is 30.4 Å². The molecule has 0 bridgehead atoms. The monoisotopic (exact) mass is 358 g/mol. The first kappa shape index (κ1) is 17.6. The Balaban J connectivity index is 1.66. The third-order valence-electron chi connectivity index (χ3n) is 4.23. The van der Waals surface area contributed by atoms with Crippen LogP contribution in [-0.4, -0.2) is 31.4 Å². The Morgan fingerprint density at radius 2 is 1.88 bits per heavy atom. The van der Waals surface area contributed by atoms with E-state index in [9.17, 15) is 0 Å². The number of nitrogens with zero attached hydrogens (tertiary/aromatic N) is 2. The maximum atomic E-state index is 6.17. The Bertz CT molecular complexity index is 727. The third kappa shape index (κ3) is 4.89. The topological polar surface area (TPSA) is 34.1 Å². The second-order valence-corrected chi connectivity index (χ2v) is 6.46. The quantitative estimate of drug-likeness (QED) is 0.699. The molecule has 0 unspecified atom stereocenters. The maximum Gasteiger partial charge on any atom is 0.161 e. The van der Waals surface area contributed by atoms with Crippen LogP contribution in [-0.2, 0) is 6.61 Å². The zero-order chi connectivity index (χ0) is 17.5. The minimum Gasteiger partial charge on any atom is -0.493 e. The summed E-state index contributed by atoms with van der Waals surface area (Å²) in [6.45, 7) is 2.47. The molecule has 0 atom stereocenters. The Morgan fingerprint density at radius 1 is 1.08 bits per heavy atom. The van der Waals surface area contributed by atoms with Crippen LogP contribution < -0.4 is 9.47 Å². The molecule has 0 radical (unpaired) electrons. The molecule has 1 aliphatic rings. The number of ether oxygens (including phenoxy) is 2. The minimum absolute atomic E-state index is 0.400. The fourth-order valence-electron chi connectivity index (χ4n) is 2.80. The molecule has 2 aromatic carbocycles. The summed E-state index contributed by atoms with van der Waals surface area (Å²) < 4.78 is 11.3. The Morgan fingerprint density at radius 3 is 2.64 bits per heavy atom. The Labute approximate surface area is 154 Å². The first-order valence-electron chi connectivity index (χ1n) is 8.59. The first-order chi connectivity index (χ1) is 12.3. The predicted octanol–water partition coefficient (Wildman–Crippen LogP) is 4.75. The van der Waals surface area contributed by atoms with Crippen LogP contribution in [0.15, 0.2) is 47.6 Å². The van der Waals surface area contributed by atoms with Crippen molar-refractivity contribution >= 4 is 17.8 Å². The van der Waals surface area contributed by atoms with Gasteiger partial charge in [0.15, 0.2) is 11.5 Å². The van der Waals surface area contributed by atoms with Crippen LogP contribution in [0.2, 0.25) is 5.02 Å². The number of methoxy groups -OCH3 is 1. The first-order valence-corrected chi connectivity index (χ1v) is 8.97. The van der Waals surface area contributed by atoms with Crippen molar-refractivity contribution in [2.45, 2.75) is 25.9 Å². The van der Waals surface area contributed by atoms with E-state index in [4.69, 9.17) is 21.1 Å². The second kappa shape index (κ2) is 8.77. The molecule has 1 aliphatic heterocycles. The molecule has 0 saturated carbocycles. The summed E-state index contributed by atoms with van der Waals surface area (Å²) in [4.78, 5) is 0. The highest BCUT2D eigenvalue weighted by Crippen LogP contribution is 2.29. The highest BCUT2D eigenvalue weighted by molar-refractivity contribution is 6.31. The van der Waals surface area contributed by atoms with Gasteiger partial charge in [0.25, 0.3) is 0 Å². The molecule has 3 rings (SSSR count). The molecular formula is C20H23ClN2O2.